The number of nitrogens with one attached hydrogen (secondary N) is 1. The molecule has 0 atom stereocenters. The van der Waals surface area contributed by atoms with Crippen molar-refractivity contribution in [1.29, 1.82) is 0 Å². The highest BCUT2D eigenvalue weighted by atomic mass is 16.5. The number of carbonyl (C=O) groups excluding carboxylic acids is 1. The Morgan fingerprint density at radius 2 is 2.16 bits per heavy atom. The largest absolute Gasteiger partial charge is 0.478 e. The summed E-state index contributed by atoms with van der Waals surface area (Å²) < 4.78 is 5.22. The van der Waals surface area contributed by atoms with E-state index in [2.05, 4.69) is 20.3 Å². The van der Waals surface area contributed by atoms with Crippen molar-refractivity contribution in [3.05, 3.63) is 42.0 Å². The van der Waals surface area contributed by atoms with Crippen molar-refractivity contribution >= 4 is 11.7 Å². The molecule has 2 aromatic heterocycles. The summed E-state index contributed by atoms with van der Waals surface area (Å²) in [6.07, 6.45) is 2.98. The van der Waals surface area contributed by atoms with Crippen LogP contribution in [0.3, 0.4) is 0 Å². The molecule has 1 N–H and O–H groups in total. The topological polar surface area (TPSA) is 77.0 Å². The third-order valence-corrected chi connectivity index (χ3v) is 2.32. The van der Waals surface area contributed by atoms with Gasteiger partial charge in [-0.25, -0.2) is 15.0 Å². The molecule has 2 heterocycles. The number of rotatable bonds is 4. The van der Waals surface area contributed by atoms with Crippen LogP contribution in [-0.4, -0.2) is 27.5 Å². The van der Waals surface area contributed by atoms with Crippen molar-refractivity contribution in [2.75, 3.05) is 11.9 Å². The van der Waals surface area contributed by atoms with Crippen molar-refractivity contribution in [2.45, 2.75) is 13.8 Å². The minimum absolute atomic E-state index is 0.237. The average molecular weight is 258 g/mol. The van der Waals surface area contributed by atoms with Gasteiger partial charge in [0.2, 0.25) is 5.88 Å². The van der Waals surface area contributed by atoms with Crippen molar-refractivity contribution in [2.24, 2.45) is 0 Å². The second-order valence-electron chi connectivity index (χ2n) is 3.85. The molecule has 0 fully saturated rings. The summed E-state index contributed by atoms with van der Waals surface area (Å²) in [6.45, 7) is 4.26. The van der Waals surface area contributed by atoms with E-state index in [4.69, 9.17) is 4.74 Å². The van der Waals surface area contributed by atoms with E-state index < -0.39 is 0 Å². The molecule has 6 heteroatoms. The SMILES string of the molecule is CCOc1cc(C(=O)Nc2ccc(C)cn2)ncn1. The Hall–Kier alpha value is -2.50. The van der Waals surface area contributed by atoms with Gasteiger partial charge in [0.05, 0.1) is 6.61 Å². The molecular weight excluding hydrogens is 244 g/mol. The number of pyridine rings is 1. The lowest BCUT2D eigenvalue weighted by atomic mass is 10.3. The molecule has 0 bridgehead atoms. The zero-order valence-electron chi connectivity index (χ0n) is 10.8. The summed E-state index contributed by atoms with van der Waals surface area (Å²) in [5.41, 5.74) is 1.26. The van der Waals surface area contributed by atoms with Crippen molar-refractivity contribution < 1.29 is 9.53 Å². The molecule has 0 aliphatic rings. The highest BCUT2D eigenvalue weighted by Gasteiger charge is 2.10. The standard InChI is InChI=1S/C13H14N4O2/c1-3-19-12-6-10(15-8-16-12)13(18)17-11-5-4-9(2)7-14-11/h4-8H,3H2,1-2H3,(H,14,17,18). The Labute approximate surface area is 110 Å². The van der Waals surface area contributed by atoms with Gasteiger partial charge in [-0.3, -0.25) is 4.79 Å². The molecule has 0 aliphatic carbocycles. The highest BCUT2D eigenvalue weighted by Crippen LogP contribution is 2.09. The quantitative estimate of drug-likeness (QED) is 0.905. The smallest absolute Gasteiger partial charge is 0.275 e. The zero-order valence-corrected chi connectivity index (χ0v) is 10.8. The molecule has 6 nitrogen and oxygen atoms in total. The van der Waals surface area contributed by atoms with Gasteiger partial charge in [-0.2, -0.15) is 0 Å². The van der Waals surface area contributed by atoms with E-state index in [1.807, 2.05) is 19.9 Å². The molecule has 19 heavy (non-hydrogen) atoms. The second-order valence-corrected chi connectivity index (χ2v) is 3.85. The Bertz CT molecular complexity index is 569. The first-order valence-electron chi connectivity index (χ1n) is 5.88. The molecule has 0 saturated heterocycles. The molecule has 1 amide bonds. The molecule has 0 aliphatic heterocycles. The van der Waals surface area contributed by atoms with Gasteiger partial charge in [-0.05, 0) is 25.5 Å². The van der Waals surface area contributed by atoms with Crippen molar-refractivity contribution in [3.8, 4) is 5.88 Å². The fourth-order valence-electron chi connectivity index (χ4n) is 1.41. The minimum Gasteiger partial charge on any atom is -0.478 e. The average Bonchev–Trinajstić information content (AvgIpc) is 2.42. The first-order valence-corrected chi connectivity index (χ1v) is 5.88. The summed E-state index contributed by atoms with van der Waals surface area (Å²) in [5, 5.41) is 2.66. The van der Waals surface area contributed by atoms with E-state index in [0.717, 1.165) is 5.56 Å². The minimum atomic E-state index is -0.347. The monoisotopic (exact) mass is 258 g/mol. The van der Waals surface area contributed by atoms with Crippen LogP contribution in [0.2, 0.25) is 0 Å². The molecule has 98 valence electrons. The third-order valence-electron chi connectivity index (χ3n) is 2.32. The molecule has 2 rings (SSSR count). The van der Waals surface area contributed by atoms with E-state index in [0.29, 0.717) is 18.3 Å². The van der Waals surface area contributed by atoms with Crippen LogP contribution in [0, 0.1) is 6.92 Å². The number of hydrogen-bond donors (Lipinski definition) is 1. The van der Waals surface area contributed by atoms with Gasteiger partial charge in [0.15, 0.2) is 0 Å². The van der Waals surface area contributed by atoms with E-state index in [1.54, 1.807) is 12.3 Å². The number of carbonyl (C=O) groups is 1. The predicted octanol–water partition coefficient (Wildman–Crippen LogP) is 1.83. The van der Waals surface area contributed by atoms with Crippen LogP contribution in [0.5, 0.6) is 5.88 Å². The first-order chi connectivity index (χ1) is 9.19. The normalized spacial score (nSPS) is 10.0. The highest BCUT2D eigenvalue weighted by molar-refractivity contribution is 6.02. The summed E-state index contributed by atoms with van der Waals surface area (Å²) in [7, 11) is 0. The van der Waals surface area contributed by atoms with Gasteiger partial charge in [0, 0.05) is 12.3 Å². The van der Waals surface area contributed by atoms with Gasteiger partial charge >= 0.3 is 0 Å². The molecule has 0 unspecified atom stereocenters. The van der Waals surface area contributed by atoms with Gasteiger partial charge < -0.3 is 10.1 Å². The molecule has 0 radical (unpaired) electrons. The van der Waals surface area contributed by atoms with Gasteiger partial charge in [-0.15, -0.1) is 0 Å². The number of nitrogens with zero attached hydrogens (tertiary/aromatic N) is 3. The molecule has 2 aromatic rings. The Kier molecular flexibility index (Phi) is 4.02. The maximum absolute atomic E-state index is 12.0. The van der Waals surface area contributed by atoms with E-state index in [1.165, 1.54) is 12.4 Å². The van der Waals surface area contributed by atoms with Crippen LogP contribution < -0.4 is 10.1 Å². The maximum atomic E-state index is 12.0. The Balaban J connectivity index is 2.11. The Morgan fingerprint density at radius 1 is 1.32 bits per heavy atom. The lowest BCUT2D eigenvalue weighted by Gasteiger charge is -2.05. The number of aromatic nitrogens is 3. The van der Waals surface area contributed by atoms with Crippen LogP contribution in [0.25, 0.3) is 0 Å². The fourth-order valence-corrected chi connectivity index (χ4v) is 1.41. The van der Waals surface area contributed by atoms with Crippen LogP contribution >= 0.6 is 0 Å². The van der Waals surface area contributed by atoms with Crippen LogP contribution in [0.4, 0.5) is 5.82 Å². The first kappa shape index (κ1) is 12.9. The lowest BCUT2D eigenvalue weighted by molar-refractivity contribution is 0.102. The number of hydrogen-bond acceptors (Lipinski definition) is 5. The number of anilines is 1. The molecular formula is C13H14N4O2. The van der Waals surface area contributed by atoms with E-state index in [9.17, 15) is 4.79 Å². The summed E-state index contributed by atoms with van der Waals surface area (Å²) in [5.74, 6) is 0.506. The molecule has 0 spiro atoms. The van der Waals surface area contributed by atoms with Crippen molar-refractivity contribution in [3.63, 3.8) is 0 Å². The maximum Gasteiger partial charge on any atom is 0.275 e. The number of ether oxygens (including phenoxy) is 1. The summed E-state index contributed by atoms with van der Waals surface area (Å²) in [4.78, 5) is 23.9. The fraction of sp³-hybridized carbons (Fsp3) is 0.231. The van der Waals surface area contributed by atoms with Crippen LogP contribution in [0.15, 0.2) is 30.7 Å². The Morgan fingerprint density at radius 3 is 2.84 bits per heavy atom. The van der Waals surface area contributed by atoms with Gasteiger partial charge in [-0.1, -0.05) is 6.07 Å². The third kappa shape index (κ3) is 3.48. The number of amides is 1. The second kappa shape index (κ2) is 5.90. The van der Waals surface area contributed by atoms with Gasteiger partial charge in [0.25, 0.3) is 5.91 Å². The van der Waals surface area contributed by atoms with Crippen LogP contribution in [0.1, 0.15) is 23.0 Å². The molecule has 0 saturated carbocycles. The van der Waals surface area contributed by atoms with E-state index in [-0.39, 0.29) is 11.6 Å². The van der Waals surface area contributed by atoms with E-state index >= 15 is 0 Å². The summed E-state index contributed by atoms with van der Waals surface area (Å²) in [6, 6.07) is 5.10. The van der Waals surface area contributed by atoms with Crippen LogP contribution in [-0.2, 0) is 0 Å². The lowest BCUT2D eigenvalue weighted by Crippen LogP contribution is -2.15. The predicted molar refractivity (Wildman–Crippen MR) is 70.1 cm³/mol. The molecule has 0 aromatic carbocycles. The van der Waals surface area contributed by atoms with Crippen molar-refractivity contribution in [1.82, 2.24) is 15.0 Å². The number of aryl methyl sites for hydroxylation is 1. The zero-order chi connectivity index (χ0) is 13.7. The van der Waals surface area contributed by atoms with Gasteiger partial charge in [0.1, 0.15) is 17.8 Å². The summed E-state index contributed by atoms with van der Waals surface area (Å²) >= 11 is 0.